The zero-order chi connectivity index (χ0) is 33.6. The molecule has 0 aliphatic carbocycles. The van der Waals surface area contributed by atoms with E-state index in [1.807, 2.05) is 25.1 Å². The third-order valence-electron chi connectivity index (χ3n) is 8.81. The Hall–Kier alpha value is -3.03. The SMILES string of the molecule is COC(=O)/C=C(\C)C[C@H](C)C[C@H](C)C[C@H](C)[C@@H](CO[Si](c1ccccc1)(c1ccccc1)C(C)(C)C)OCOCc1ccccc1. The van der Waals surface area contributed by atoms with Gasteiger partial charge < -0.3 is 18.6 Å². The van der Waals surface area contributed by atoms with Crippen LogP contribution in [0.4, 0.5) is 0 Å². The Morgan fingerprint density at radius 1 is 0.804 bits per heavy atom. The van der Waals surface area contributed by atoms with Gasteiger partial charge in [-0.1, -0.05) is 138 Å². The van der Waals surface area contributed by atoms with E-state index in [-0.39, 0.29) is 29.8 Å². The Labute approximate surface area is 279 Å². The second-order valence-corrected chi connectivity index (χ2v) is 18.3. The number of benzene rings is 3. The highest BCUT2D eigenvalue weighted by Gasteiger charge is 2.50. The molecule has 0 heterocycles. The zero-order valence-electron chi connectivity index (χ0n) is 29.3. The number of hydrogen-bond donors (Lipinski definition) is 0. The fourth-order valence-electron chi connectivity index (χ4n) is 6.74. The minimum absolute atomic E-state index is 0.119. The predicted octanol–water partition coefficient (Wildman–Crippen LogP) is 8.32. The normalized spacial score (nSPS) is 15.2. The fraction of sp³-hybridized carbons (Fsp3) is 0.475. The standard InChI is InChI=1S/C40H56O5Si/c1-31(25-33(3)27-39(41)42-8)24-32(2)26-34(4)38(44-30-43-28-35-18-12-9-13-19-35)29-45-46(40(5,6)7,36-20-14-10-15-21-36)37-22-16-11-17-23-37/h9-23,27,31-32,34,38H,24-26,28-30H2,1-8H3/b33-27+/t31-,32+,34+,38-/m1/s1. The second kappa shape index (κ2) is 18.3. The van der Waals surface area contributed by atoms with Crippen LogP contribution in [0.3, 0.4) is 0 Å². The van der Waals surface area contributed by atoms with Gasteiger partial charge in [-0.15, -0.1) is 0 Å². The van der Waals surface area contributed by atoms with E-state index >= 15 is 0 Å². The van der Waals surface area contributed by atoms with Crippen molar-refractivity contribution in [2.24, 2.45) is 17.8 Å². The molecule has 0 saturated carbocycles. The highest BCUT2D eigenvalue weighted by molar-refractivity contribution is 6.99. The van der Waals surface area contributed by atoms with E-state index in [0.717, 1.165) is 30.4 Å². The van der Waals surface area contributed by atoms with Gasteiger partial charge in [0.1, 0.15) is 6.79 Å². The van der Waals surface area contributed by atoms with Crippen molar-refractivity contribution < 1.29 is 23.4 Å². The first-order valence-corrected chi connectivity index (χ1v) is 18.6. The van der Waals surface area contributed by atoms with E-state index in [2.05, 4.69) is 114 Å². The molecule has 0 radical (unpaired) electrons. The van der Waals surface area contributed by atoms with Gasteiger partial charge in [0, 0.05) is 6.08 Å². The van der Waals surface area contributed by atoms with Crippen LogP contribution in [0, 0.1) is 17.8 Å². The summed E-state index contributed by atoms with van der Waals surface area (Å²) in [7, 11) is -1.31. The molecule has 0 fully saturated rings. The van der Waals surface area contributed by atoms with E-state index in [0.29, 0.717) is 25.0 Å². The van der Waals surface area contributed by atoms with Gasteiger partial charge in [-0.25, -0.2) is 4.79 Å². The van der Waals surface area contributed by atoms with Gasteiger partial charge in [-0.2, -0.15) is 0 Å². The summed E-state index contributed by atoms with van der Waals surface area (Å²) in [6.45, 7) is 17.0. The number of hydrogen-bond acceptors (Lipinski definition) is 5. The first-order valence-electron chi connectivity index (χ1n) is 16.7. The molecule has 4 atom stereocenters. The molecular weight excluding hydrogens is 589 g/mol. The topological polar surface area (TPSA) is 54.0 Å². The Bertz CT molecular complexity index is 1280. The molecule has 0 saturated heterocycles. The molecule has 0 aliphatic rings. The maximum Gasteiger partial charge on any atom is 0.330 e. The number of ether oxygens (including phenoxy) is 3. The Balaban J connectivity index is 1.80. The van der Waals surface area contributed by atoms with Gasteiger partial charge in [0.25, 0.3) is 8.32 Å². The lowest BCUT2D eigenvalue weighted by Gasteiger charge is -2.44. The summed E-state index contributed by atoms with van der Waals surface area (Å²) in [5.74, 6) is 0.874. The van der Waals surface area contributed by atoms with Gasteiger partial charge in [0.15, 0.2) is 0 Å². The van der Waals surface area contributed by atoms with Gasteiger partial charge in [0.05, 0.1) is 26.4 Å². The second-order valence-electron chi connectivity index (χ2n) is 14.0. The van der Waals surface area contributed by atoms with Crippen molar-refractivity contribution in [3.63, 3.8) is 0 Å². The van der Waals surface area contributed by atoms with Crippen molar-refractivity contribution in [2.75, 3.05) is 20.5 Å². The number of rotatable bonds is 18. The summed E-state index contributed by atoms with van der Waals surface area (Å²) >= 11 is 0. The lowest BCUT2D eigenvalue weighted by atomic mass is 9.85. The summed E-state index contributed by atoms with van der Waals surface area (Å²) in [5, 5.41) is 2.40. The third kappa shape index (κ3) is 11.0. The van der Waals surface area contributed by atoms with Crippen LogP contribution in [-0.4, -0.2) is 40.9 Å². The fourth-order valence-corrected chi connectivity index (χ4v) is 11.3. The highest BCUT2D eigenvalue weighted by atomic mass is 28.4. The van der Waals surface area contributed by atoms with Crippen molar-refractivity contribution in [3.05, 3.63) is 108 Å². The van der Waals surface area contributed by atoms with Crippen molar-refractivity contribution in [1.82, 2.24) is 0 Å². The van der Waals surface area contributed by atoms with Crippen molar-refractivity contribution >= 4 is 24.7 Å². The van der Waals surface area contributed by atoms with Crippen LogP contribution >= 0.6 is 0 Å². The van der Waals surface area contributed by atoms with Crippen LogP contribution in [-0.2, 0) is 30.0 Å². The monoisotopic (exact) mass is 644 g/mol. The molecule has 3 rings (SSSR count). The first-order chi connectivity index (χ1) is 22.0. The van der Waals surface area contributed by atoms with Crippen LogP contribution < -0.4 is 10.4 Å². The first kappa shape index (κ1) is 37.4. The van der Waals surface area contributed by atoms with Gasteiger partial charge in [-0.3, -0.25) is 0 Å². The van der Waals surface area contributed by atoms with E-state index in [4.69, 9.17) is 18.6 Å². The molecule has 3 aromatic rings. The summed E-state index contributed by atoms with van der Waals surface area (Å²) in [6, 6.07) is 31.7. The maximum absolute atomic E-state index is 11.7. The Kier molecular flexibility index (Phi) is 14.9. The predicted molar refractivity (Wildman–Crippen MR) is 192 cm³/mol. The van der Waals surface area contributed by atoms with Crippen LogP contribution in [0.2, 0.25) is 5.04 Å². The molecule has 0 spiro atoms. The third-order valence-corrected chi connectivity index (χ3v) is 13.8. The quantitative estimate of drug-likeness (QED) is 0.0458. The lowest BCUT2D eigenvalue weighted by molar-refractivity contribution is -0.134. The number of esters is 1. The Morgan fingerprint density at radius 3 is 1.87 bits per heavy atom. The summed E-state index contributed by atoms with van der Waals surface area (Å²) < 4.78 is 24.7. The lowest BCUT2D eigenvalue weighted by Crippen LogP contribution is -2.67. The van der Waals surface area contributed by atoms with E-state index < -0.39 is 8.32 Å². The summed E-state index contributed by atoms with van der Waals surface area (Å²) in [5.41, 5.74) is 2.17. The molecular formula is C40H56O5Si. The highest BCUT2D eigenvalue weighted by Crippen LogP contribution is 2.37. The molecule has 5 nitrogen and oxygen atoms in total. The molecule has 250 valence electrons. The van der Waals surface area contributed by atoms with E-state index in [1.54, 1.807) is 6.08 Å². The zero-order valence-corrected chi connectivity index (χ0v) is 30.3. The van der Waals surface area contributed by atoms with Gasteiger partial charge in [0.2, 0.25) is 0 Å². The van der Waals surface area contributed by atoms with Crippen molar-refractivity contribution in [2.45, 2.75) is 85.5 Å². The molecule has 46 heavy (non-hydrogen) atoms. The molecule has 6 heteroatoms. The number of methoxy groups -OCH3 is 1. The molecule has 0 amide bonds. The van der Waals surface area contributed by atoms with Gasteiger partial charge >= 0.3 is 5.97 Å². The van der Waals surface area contributed by atoms with Crippen LogP contribution in [0.15, 0.2) is 103 Å². The van der Waals surface area contributed by atoms with Crippen LogP contribution in [0.5, 0.6) is 0 Å². The van der Waals surface area contributed by atoms with Gasteiger partial charge in [-0.05, 0) is 64.9 Å². The smallest absolute Gasteiger partial charge is 0.330 e. The molecule has 0 bridgehead atoms. The largest absolute Gasteiger partial charge is 0.466 e. The molecule has 0 N–H and O–H groups in total. The number of carbonyl (C=O) groups is 1. The molecule has 3 aromatic carbocycles. The van der Waals surface area contributed by atoms with Crippen molar-refractivity contribution in [3.8, 4) is 0 Å². The summed E-state index contributed by atoms with van der Waals surface area (Å²) in [4.78, 5) is 11.7. The minimum Gasteiger partial charge on any atom is -0.466 e. The van der Waals surface area contributed by atoms with Crippen LogP contribution in [0.25, 0.3) is 0 Å². The number of allylic oxidation sites excluding steroid dienone is 1. The minimum atomic E-state index is -2.72. The van der Waals surface area contributed by atoms with Crippen molar-refractivity contribution in [1.29, 1.82) is 0 Å². The summed E-state index contributed by atoms with van der Waals surface area (Å²) in [6.07, 6.45) is 4.39. The van der Waals surface area contributed by atoms with E-state index in [1.165, 1.54) is 17.5 Å². The van der Waals surface area contributed by atoms with E-state index in [9.17, 15) is 4.79 Å². The average molecular weight is 645 g/mol. The molecule has 0 aromatic heterocycles. The molecule has 0 unspecified atom stereocenters. The number of carbonyl (C=O) groups excluding carboxylic acids is 1. The average Bonchev–Trinajstić information content (AvgIpc) is 3.02. The maximum atomic E-state index is 11.7. The Morgan fingerprint density at radius 2 is 1.35 bits per heavy atom. The van der Waals surface area contributed by atoms with Crippen LogP contribution in [0.1, 0.15) is 73.3 Å². The molecule has 0 aliphatic heterocycles.